The van der Waals surface area contributed by atoms with Crippen LogP contribution < -0.4 is 5.73 Å². The van der Waals surface area contributed by atoms with Crippen molar-refractivity contribution in [2.45, 2.75) is 60.2 Å². The van der Waals surface area contributed by atoms with Gasteiger partial charge in [-0.25, -0.2) is 0 Å². The van der Waals surface area contributed by atoms with Crippen LogP contribution in [0.2, 0.25) is 0 Å². The Bertz CT molecular complexity index is 242. The molecule has 114 valence electrons. The molecule has 0 aromatic rings. The fraction of sp³-hybridized carbons (Fsp3) is 0.933. The minimum Gasteiger partial charge on any atom is -0.435 e. The van der Waals surface area contributed by atoms with Gasteiger partial charge in [-0.1, -0.05) is 34.6 Å². The van der Waals surface area contributed by atoms with Crippen molar-refractivity contribution in [3.63, 3.8) is 0 Å². The Kier molecular flexibility index (Phi) is 9.88. The summed E-state index contributed by atoms with van der Waals surface area (Å²) in [5.41, 5.74) is 5.70. The zero-order chi connectivity index (χ0) is 14.8. The molecule has 2 N–H and O–H groups in total. The molecule has 4 heteroatoms. The standard InChI is InChI=1S/C15H31NO3/c1-6-7-18-15(12(4)5)19-14(17)9-13(10-16)8-11(2)3/h11-13,15H,6-10,16H2,1-5H3. The number of carbonyl (C=O) groups excluding carboxylic acids is 1. The molecule has 0 heterocycles. The van der Waals surface area contributed by atoms with E-state index in [2.05, 4.69) is 13.8 Å². The third-order valence-corrected chi connectivity index (χ3v) is 2.87. The van der Waals surface area contributed by atoms with Crippen LogP contribution in [0.5, 0.6) is 0 Å². The lowest BCUT2D eigenvalue weighted by molar-refractivity contribution is -0.189. The van der Waals surface area contributed by atoms with E-state index in [1.54, 1.807) is 0 Å². The first-order chi connectivity index (χ1) is 8.90. The van der Waals surface area contributed by atoms with Crippen LogP contribution in [0.3, 0.4) is 0 Å². The van der Waals surface area contributed by atoms with Gasteiger partial charge < -0.3 is 15.2 Å². The molecule has 0 aliphatic rings. The summed E-state index contributed by atoms with van der Waals surface area (Å²) in [4.78, 5) is 11.9. The predicted octanol–water partition coefficient (Wildman–Crippen LogP) is 2.95. The third-order valence-electron chi connectivity index (χ3n) is 2.87. The largest absolute Gasteiger partial charge is 0.435 e. The Hall–Kier alpha value is -0.610. The van der Waals surface area contributed by atoms with Crippen LogP contribution >= 0.6 is 0 Å². The minimum atomic E-state index is -0.440. The van der Waals surface area contributed by atoms with Gasteiger partial charge in [0.05, 0.1) is 6.61 Å². The molecule has 0 fully saturated rings. The first-order valence-electron chi connectivity index (χ1n) is 7.41. The van der Waals surface area contributed by atoms with E-state index in [1.807, 2.05) is 20.8 Å². The SMILES string of the molecule is CCCOC(OC(=O)CC(CN)CC(C)C)C(C)C. The summed E-state index contributed by atoms with van der Waals surface area (Å²) in [7, 11) is 0. The van der Waals surface area contributed by atoms with Crippen molar-refractivity contribution in [1.82, 2.24) is 0 Å². The molecule has 0 radical (unpaired) electrons. The van der Waals surface area contributed by atoms with Gasteiger partial charge in [0.1, 0.15) is 0 Å². The molecule has 0 aromatic carbocycles. The highest BCUT2D eigenvalue weighted by Gasteiger charge is 2.21. The molecule has 0 aliphatic carbocycles. The molecule has 0 bridgehead atoms. The van der Waals surface area contributed by atoms with E-state index in [1.165, 1.54) is 0 Å². The lowest BCUT2D eigenvalue weighted by Gasteiger charge is -2.23. The number of hydrogen-bond acceptors (Lipinski definition) is 4. The number of hydrogen-bond donors (Lipinski definition) is 1. The number of ether oxygens (including phenoxy) is 2. The van der Waals surface area contributed by atoms with Crippen LogP contribution in [-0.4, -0.2) is 25.4 Å². The van der Waals surface area contributed by atoms with Crippen molar-refractivity contribution in [3.8, 4) is 0 Å². The van der Waals surface area contributed by atoms with E-state index >= 15 is 0 Å². The molecule has 2 atom stereocenters. The monoisotopic (exact) mass is 273 g/mol. The Morgan fingerprint density at radius 1 is 1.21 bits per heavy atom. The van der Waals surface area contributed by atoms with E-state index < -0.39 is 6.29 Å². The third kappa shape index (κ3) is 9.00. The topological polar surface area (TPSA) is 61.5 Å². The molecule has 0 saturated heterocycles. The Balaban J connectivity index is 4.23. The van der Waals surface area contributed by atoms with E-state index in [9.17, 15) is 4.79 Å². The molecule has 0 amide bonds. The van der Waals surface area contributed by atoms with Crippen molar-refractivity contribution in [2.24, 2.45) is 23.5 Å². The first-order valence-corrected chi connectivity index (χ1v) is 7.41. The number of nitrogens with two attached hydrogens (primary N) is 1. The molecular formula is C15H31NO3. The smallest absolute Gasteiger partial charge is 0.308 e. The number of esters is 1. The van der Waals surface area contributed by atoms with Gasteiger partial charge in [-0.15, -0.1) is 0 Å². The summed E-state index contributed by atoms with van der Waals surface area (Å²) < 4.78 is 11.0. The molecule has 0 saturated carbocycles. The highest BCUT2D eigenvalue weighted by molar-refractivity contribution is 5.69. The molecule has 0 aromatic heterocycles. The maximum Gasteiger partial charge on any atom is 0.308 e. The van der Waals surface area contributed by atoms with E-state index in [4.69, 9.17) is 15.2 Å². The van der Waals surface area contributed by atoms with Gasteiger partial charge in [-0.2, -0.15) is 0 Å². The van der Waals surface area contributed by atoms with Gasteiger partial charge in [0, 0.05) is 12.3 Å². The van der Waals surface area contributed by atoms with Crippen LogP contribution in [0, 0.1) is 17.8 Å². The van der Waals surface area contributed by atoms with E-state index in [0.717, 1.165) is 12.8 Å². The molecule has 0 spiro atoms. The Morgan fingerprint density at radius 2 is 1.84 bits per heavy atom. The van der Waals surface area contributed by atoms with Gasteiger partial charge in [-0.3, -0.25) is 4.79 Å². The highest BCUT2D eigenvalue weighted by atomic mass is 16.7. The quantitative estimate of drug-likeness (QED) is 0.491. The van der Waals surface area contributed by atoms with E-state index in [-0.39, 0.29) is 17.8 Å². The van der Waals surface area contributed by atoms with Crippen LogP contribution in [0.4, 0.5) is 0 Å². The fourth-order valence-electron chi connectivity index (χ4n) is 1.94. The average molecular weight is 273 g/mol. The van der Waals surface area contributed by atoms with Crippen molar-refractivity contribution in [1.29, 1.82) is 0 Å². The van der Waals surface area contributed by atoms with Gasteiger partial charge in [-0.05, 0) is 31.2 Å². The summed E-state index contributed by atoms with van der Waals surface area (Å²) in [6.07, 6.45) is 1.81. The van der Waals surface area contributed by atoms with E-state index in [0.29, 0.717) is 25.5 Å². The lowest BCUT2D eigenvalue weighted by Crippen LogP contribution is -2.29. The molecule has 0 aliphatic heterocycles. The maximum absolute atomic E-state index is 11.9. The van der Waals surface area contributed by atoms with Gasteiger partial charge in [0.2, 0.25) is 6.29 Å². The van der Waals surface area contributed by atoms with Crippen molar-refractivity contribution in [2.75, 3.05) is 13.2 Å². The van der Waals surface area contributed by atoms with Crippen molar-refractivity contribution < 1.29 is 14.3 Å². The summed E-state index contributed by atoms with van der Waals surface area (Å²) in [5.74, 6) is 0.702. The Morgan fingerprint density at radius 3 is 2.26 bits per heavy atom. The zero-order valence-corrected chi connectivity index (χ0v) is 13.1. The summed E-state index contributed by atoms with van der Waals surface area (Å²) in [6, 6.07) is 0. The zero-order valence-electron chi connectivity index (χ0n) is 13.1. The van der Waals surface area contributed by atoms with Gasteiger partial charge >= 0.3 is 5.97 Å². The second kappa shape index (κ2) is 10.2. The molecule has 2 unspecified atom stereocenters. The van der Waals surface area contributed by atoms with Crippen molar-refractivity contribution >= 4 is 5.97 Å². The van der Waals surface area contributed by atoms with Crippen molar-refractivity contribution in [3.05, 3.63) is 0 Å². The minimum absolute atomic E-state index is 0.164. The highest BCUT2D eigenvalue weighted by Crippen LogP contribution is 2.17. The molecular weight excluding hydrogens is 242 g/mol. The molecule has 19 heavy (non-hydrogen) atoms. The van der Waals surface area contributed by atoms with Crippen LogP contribution in [0.25, 0.3) is 0 Å². The van der Waals surface area contributed by atoms with Crippen LogP contribution in [-0.2, 0) is 14.3 Å². The maximum atomic E-state index is 11.9. The second-order valence-corrected chi connectivity index (χ2v) is 5.91. The predicted molar refractivity (Wildman–Crippen MR) is 77.6 cm³/mol. The Labute approximate surface area is 118 Å². The summed E-state index contributed by atoms with van der Waals surface area (Å²) in [5, 5.41) is 0. The average Bonchev–Trinajstić information content (AvgIpc) is 2.32. The lowest BCUT2D eigenvalue weighted by atomic mass is 9.94. The second-order valence-electron chi connectivity index (χ2n) is 5.91. The normalized spacial score (nSPS) is 14.7. The first kappa shape index (κ1) is 18.4. The van der Waals surface area contributed by atoms with Gasteiger partial charge in [0.25, 0.3) is 0 Å². The molecule has 0 rings (SSSR count). The van der Waals surface area contributed by atoms with Crippen LogP contribution in [0.1, 0.15) is 53.9 Å². The summed E-state index contributed by atoms with van der Waals surface area (Å²) in [6.45, 7) is 11.4. The summed E-state index contributed by atoms with van der Waals surface area (Å²) >= 11 is 0. The van der Waals surface area contributed by atoms with Crippen LogP contribution in [0.15, 0.2) is 0 Å². The number of rotatable bonds is 10. The molecule has 4 nitrogen and oxygen atoms in total. The number of carbonyl (C=O) groups is 1. The fourth-order valence-corrected chi connectivity index (χ4v) is 1.94. The van der Waals surface area contributed by atoms with Gasteiger partial charge in [0.15, 0.2) is 0 Å².